The molecule has 4 aromatic rings. The number of ether oxygens (including phenoxy) is 2. The minimum Gasteiger partial charge on any atom is -0.495 e. The number of nitrogens with one attached hydrogen (secondary N) is 1. The Bertz CT molecular complexity index is 1510. The van der Waals surface area contributed by atoms with Crippen molar-refractivity contribution in [2.75, 3.05) is 37.1 Å². The fraction of sp³-hybridized carbons (Fsp3) is 0.357. The molecule has 0 amide bonds. The first-order valence-corrected chi connectivity index (χ1v) is 13.7. The highest BCUT2D eigenvalue weighted by atomic mass is 32.1. The second-order valence-electron chi connectivity index (χ2n) is 9.51. The van der Waals surface area contributed by atoms with E-state index >= 15 is 0 Å². The number of hydrogen-bond acceptors (Lipinski definition) is 10. The Morgan fingerprint density at radius 2 is 2.15 bits per heavy atom. The lowest BCUT2D eigenvalue weighted by Crippen LogP contribution is -2.33. The molecule has 12 heteroatoms. The van der Waals surface area contributed by atoms with Crippen LogP contribution in [0.3, 0.4) is 0 Å². The highest BCUT2D eigenvalue weighted by molar-refractivity contribution is 7.15. The minimum absolute atomic E-state index is 0.00726. The Morgan fingerprint density at radius 1 is 1.27 bits per heavy atom. The lowest BCUT2D eigenvalue weighted by Gasteiger charge is -2.23. The van der Waals surface area contributed by atoms with E-state index in [-0.39, 0.29) is 37.3 Å². The predicted molar refractivity (Wildman–Crippen MR) is 148 cm³/mol. The summed E-state index contributed by atoms with van der Waals surface area (Å²) in [5.41, 5.74) is 2.25. The largest absolute Gasteiger partial charge is 0.495 e. The van der Waals surface area contributed by atoms with Crippen molar-refractivity contribution in [2.45, 2.75) is 38.1 Å². The van der Waals surface area contributed by atoms with Crippen molar-refractivity contribution in [3.05, 3.63) is 58.9 Å². The van der Waals surface area contributed by atoms with E-state index in [1.807, 2.05) is 6.07 Å². The number of carbonyl (C=O) groups excluding carboxylic acids is 1. The fourth-order valence-electron chi connectivity index (χ4n) is 4.65. The summed E-state index contributed by atoms with van der Waals surface area (Å²) in [4.78, 5) is 35.5. The van der Waals surface area contributed by atoms with Crippen LogP contribution in [0.1, 0.15) is 29.7 Å². The van der Waals surface area contributed by atoms with Gasteiger partial charge >= 0.3 is 5.97 Å². The average molecular weight is 569 g/mol. The topological polar surface area (TPSA) is 127 Å². The van der Waals surface area contributed by atoms with Crippen LogP contribution in [0, 0.1) is 5.82 Å². The number of methoxy groups -OCH3 is 1. The number of anilines is 3. The van der Waals surface area contributed by atoms with Gasteiger partial charge in [-0.05, 0) is 49.1 Å². The Balaban J connectivity index is 1.13. The van der Waals surface area contributed by atoms with Crippen LogP contribution < -0.4 is 15.0 Å². The maximum atomic E-state index is 13.7. The van der Waals surface area contributed by atoms with Gasteiger partial charge in [-0.2, -0.15) is 4.98 Å². The molecule has 210 valence electrons. The number of carbonyl (C=O) groups is 2. The highest BCUT2D eigenvalue weighted by Crippen LogP contribution is 2.31. The van der Waals surface area contributed by atoms with Gasteiger partial charge in [-0.25, -0.2) is 9.37 Å². The van der Waals surface area contributed by atoms with Crippen LogP contribution in [0.25, 0.3) is 11.1 Å². The molecule has 0 unspecified atom stereocenters. The number of aromatic nitrogens is 2. The van der Waals surface area contributed by atoms with Gasteiger partial charge in [0.25, 0.3) is 6.01 Å². The number of ketones is 1. The summed E-state index contributed by atoms with van der Waals surface area (Å²) in [5, 5.41) is 12.7. The SMILES string of the molecule is COc1ccc(F)cc1Nc1nc2ccc(CC(=O)COC[C@@H]3CCCN3c3ncc(CCC(=O)O)s3)cc2o1. The molecule has 1 aliphatic heterocycles. The lowest BCUT2D eigenvalue weighted by molar-refractivity contribution is -0.137. The molecular formula is C28H29FN4O6S. The average Bonchev–Trinajstić information content (AvgIpc) is 3.67. The number of rotatable bonds is 13. The summed E-state index contributed by atoms with van der Waals surface area (Å²) in [6.07, 6.45) is 4.43. The van der Waals surface area contributed by atoms with E-state index in [1.54, 1.807) is 18.3 Å². The Labute approximate surface area is 233 Å². The van der Waals surface area contributed by atoms with Crippen molar-refractivity contribution in [2.24, 2.45) is 0 Å². The fourth-order valence-corrected chi connectivity index (χ4v) is 5.66. The van der Waals surface area contributed by atoms with Gasteiger partial charge < -0.3 is 29.2 Å². The summed E-state index contributed by atoms with van der Waals surface area (Å²) in [7, 11) is 1.49. The number of Topliss-reactive ketones (excluding diaryl/α,β-unsaturated/α-hetero) is 1. The number of halogens is 1. The number of thiazole rings is 1. The van der Waals surface area contributed by atoms with Gasteiger partial charge in [-0.15, -0.1) is 11.3 Å². The molecule has 0 saturated carbocycles. The molecule has 0 bridgehead atoms. The molecule has 1 fully saturated rings. The zero-order chi connectivity index (χ0) is 28.1. The van der Waals surface area contributed by atoms with Crippen LogP contribution in [0.2, 0.25) is 0 Å². The molecule has 1 saturated heterocycles. The number of oxazole rings is 1. The summed E-state index contributed by atoms with van der Waals surface area (Å²) in [6, 6.07) is 9.76. The number of hydrogen-bond donors (Lipinski definition) is 2. The van der Waals surface area contributed by atoms with Crippen LogP contribution in [0.5, 0.6) is 5.75 Å². The zero-order valence-electron chi connectivity index (χ0n) is 21.9. The van der Waals surface area contributed by atoms with Gasteiger partial charge in [0.05, 0.1) is 31.9 Å². The van der Waals surface area contributed by atoms with Crippen LogP contribution >= 0.6 is 11.3 Å². The maximum absolute atomic E-state index is 13.7. The molecule has 40 heavy (non-hydrogen) atoms. The minimum atomic E-state index is -0.823. The monoisotopic (exact) mass is 568 g/mol. The van der Waals surface area contributed by atoms with E-state index in [2.05, 4.69) is 20.2 Å². The summed E-state index contributed by atoms with van der Waals surface area (Å²) in [6.45, 7) is 1.26. The van der Waals surface area contributed by atoms with E-state index < -0.39 is 11.8 Å². The number of fused-ring (bicyclic) bond motifs is 1. The molecule has 2 aromatic heterocycles. The molecule has 1 atom stereocenters. The Kier molecular flexibility index (Phi) is 8.56. The van der Waals surface area contributed by atoms with E-state index in [0.29, 0.717) is 35.6 Å². The number of carboxylic acids is 1. The Hall–Kier alpha value is -4.03. The van der Waals surface area contributed by atoms with Gasteiger partial charge in [0.2, 0.25) is 0 Å². The third kappa shape index (κ3) is 6.75. The molecule has 3 heterocycles. The van der Waals surface area contributed by atoms with Gasteiger partial charge in [0.1, 0.15) is 23.7 Å². The molecule has 1 aliphatic rings. The molecule has 2 aromatic carbocycles. The number of nitrogens with zero attached hydrogens (tertiary/aromatic N) is 3. The first-order chi connectivity index (χ1) is 19.4. The number of aliphatic carboxylic acids is 1. The highest BCUT2D eigenvalue weighted by Gasteiger charge is 2.27. The van der Waals surface area contributed by atoms with E-state index in [4.69, 9.17) is 19.0 Å². The summed E-state index contributed by atoms with van der Waals surface area (Å²) in [5.74, 6) is -0.857. The van der Waals surface area contributed by atoms with E-state index in [9.17, 15) is 14.0 Å². The molecule has 10 nitrogen and oxygen atoms in total. The standard InChI is InChI=1S/C28H29FN4O6S/c1-37-24-8-5-18(29)13-23(24)32-27-31-22-7-4-17(12-25(22)39-27)11-20(34)16-38-15-19-3-2-10-33(19)28-30-14-21(40-28)6-9-26(35)36/h4-5,7-8,12-14,19H,2-3,6,9-11,15-16H2,1H3,(H,31,32)(H,35,36)/t19-/m0/s1. The second-order valence-corrected chi connectivity index (χ2v) is 10.6. The van der Waals surface area contributed by atoms with E-state index in [0.717, 1.165) is 35.0 Å². The van der Waals surface area contributed by atoms with E-state index in [1.165, 1.54) is 36.6 Å². The normalized spacial score (nSPS) is 15.1. The first kappa shape index (κ1) is 27.5. The number of carboxylic acid groups (broad SMARTS) is 1. The third-order valence-electron chi connectivity index (χ3n) is 6.58. The maximum Gasteiger partial charge on any atom is 0.303 e. The Morgan fingerprint density at radius 3 is 2.98 bits per heavy atom. The summed E-state index contributed by atoms with van der Waals surface area (Å²) >= 11 is 1.51. The molecular weight excluding hydrogens is 539 g/mol. The summed E-state index contributed by atoms with van der Waals surface area (Å²) < 4.78 is 30.5. The van der Waals surface area contributed by atoms with Crippen molar-refractivity contribution >= 4 is 51.0 Å². The van der Waals surface area contributed by atoms with Crippen LogP contribution in [0.4, 0.5) is 21.2 Å². The van der Waals surface area contributed by atoms with Crippen LogP contribution in [-0.2, 0) is 27.2 Å². The van der Waals surface area contributed by atoms with Crippen LogP contribution in [0.15, 0.2) is 47.0 Å². The van der Waals surface area contributed by atoms with Crippen molar-refractivity contribution in [1.82, 2.24) is 9.97 Å². The molecule has 0 spiro atoms. The number of aryl methyl sites for hydroxylation is 1. The molecule has 2 N–H and O–H groups in total. The van der Waals surface area contributed by atoms with Crippen molar-refractivity contribution < 1.29 is 33.0 Å². The molecule has 0 radical (unpaired) electrons. The van der Waals surface area contributed by atoms with Crippen LogP contribution in [-0.4, -0.2) is 59.7 Å². The van der Waals surface area contributed by atoms with Gasteiger partial charge in [-0.3, -0.25) is 9.59 Å². The van der Waals surface area contributed by atoms with Crippen molar-refractivity contribution in [3.63, 3.8) is 0 Å². The second kappa shape index (κ2) is 12.4. The van der Waals surface area contributed by atoms with Crippen molar-refractivity contribution in [3.8, 4) is 5.75 Å². The smallest absolute Gasteiger partial charge is 0.303 e. The predicted octanol–water partition coefficient (Wildman–Crippen LogP) is 4.99. The van der Waals surface area contributed by atoms with Gasteiger partial charge in [-0.1, -0.05) is 6.07 Å². The first-order valence-electron chi connectivity index (χ1n) is 12.9. The molecule has 0 aliphatic carbocycles. The quantitative estimate of drug-likeness (QED) is 0.228. The lowest BCUT2D eigenvalue weighted by atomic mass is 10.1. The van der Waals surface area contributed by atoms with Crippen molar-refractivity contribution in [1.29, 1.82) is 0 Å². The molecule has 5 rings (SSSR count). The third-order valence-corrected chi connectivity index (χ3v) is 7.67. The van der Waals surface area contributed by atoms with Gasteiger partial charge in [0.15, 0.2) is 16.5 Å². The zero-order valence-corrected chi connectivity index (χ0v) is 22.7. The van der Waals surface area contributed by atoms with Gasteiger partial charge in [0, 0.05) is 30.1 Å². The number of benzene rings is 2.